The number of aliphatic imine (C=N–C) groups is 1. The van der Waals surface area contributed by atoms with Crippen LogP contribution >= 0.6 is 11.3 Å². The fourth-order valence-electron chi connectivity index (χ4n) is 2.34. The Morgan fingerprint density at radius 3 is 2.62 bits per heavy atom. The minimum Gasteiger partial charge on any atom is -0.488 e. The molecule has 1 heterocycles. The number of rotatable bonds is 7. The van der Waals surface area contributed by atoms with E-state index in [2.05, 4.69) is 61.7 Å². The molecule has 2 N–H and O–H groups in total. The van der Waals surface area contributed by atoms with Crippen LogP contribution in [0.2, 0.25) is 0 Å². The predicted molar refractivity (Wildman–Crippen MR) is 110 cm³/mol. The molecule has 0 unspecified atom stereocenters. The van der Waals surface area contributed by atoms with Crippen molar-refractivity contribution >= 4 is 17.3 Å². The molecule has 1 aromatic carbocycles. The van der Waals surface area contributed by atoms with Gasteiger partial charge in [0.15, 0.2) is 5.96 Å². The first kappa shape index (κ1) is 20.2. The Morgan fingerprint density at radius 2 is 1.96 bits per heavy atom. The zero-order valence-corrected chi connectivity index (χ0v) is 17.2. The lowest BCUT2D eigenvalue weighted by Crippen LogP contribution is -2.36. The summed E-state index contributed by atoms with van der Waals surface area (Å²) in [5.41, 5.74) is 1.89. The second kappa shape index (κ2) is 9.57. The van der Waals surface area contributed by atoms with Crippen molar-refractivity contribution in [3.05, 3.63) is 45.9 Å². The van der Waals surface area contributed by atoms with Gasteiger partial charge in [-0.05, 0) is 40.2 Å². The monoisotopic (exact) mass is 374 g/mol. The Hall–Kier alpha value is -2.08. The highest BCUT2D eigenvalue weighted by Crippen LogP contribution is 2.23. The quantitative estimate of drug-likeness (QED) is 0.565. The number of aryl methyl sites for hydroxylation is 1. The summed E-state index contributed by atoms with van der Waals surface area (Å²) in [5, 5.41) is 9.90. The average molecular weight is 375 g/mol. The van der Waals surface area contributed by atoms with Gasteiger partial charge in [-0.1, -0.05) is 25.1 Å². The van der Waals surface area contributed by atoms with Crippen LogP contribution in [0.25, 0.3) is 0 Å². The average Bonchev–Trinajstić information content (AvgIpc) is 3.05. The summed E-state index contributed by atoms with van der Waals surface area (Å²) in [6, 6.07) is 8.06. The Labute approximate surface area is 160 Å². The van der Waals surface area contributed by atoms with E-state index in [1.807, 2.05) is 18.2 Å². The highest BCUT2D eigenvalue weighted by molar-refractivity contribution is 7.09. The maximum Gasteiger partial charge on any atom is 0.191 e. The molecule has 2 rings (SSSR count). The number of hydrogen-bond donors (Lipinski definition) is 2. The van der Waals surface area contributed by atoms with Crippen LogP contribution in [0.15, 0.2) is 34.6 Å². The zero-order valence-electron chi connectivity index (χ0n) is 16.4. The Kier molecular flexibility index (Phi) is 7.45. The maximum atomic E-state index is 6.05. The molecule has 0 aliphatic rings. The van der Waals surface area contributed by atoms with Crippen LogP contribution in [0.3, 0.4) is 0 Å². The first-order valence-corrected chi connectivity index (χ1v) is 10.0. The molecule has 0 saturated carbocycles. The van der Waals surface area contributed by atoms with Gasteiger partial charge in [0.2, 0.25) is 0 Å². The molecule has 1 aromatic heterocycles. The topological polar surface area (TPSA) is 58.5 Å². The van der Waals surface area contributed by atoms with Crippen molar-refractivity contribution in [1.82, 2.24) is 15.6 Å². The van der Waals surface area contributed by atoms with Gasteiger partial charge in [-0.2, -0.15) is 0 Å². The van der Waals surface area contributed by atoms with Gasteiger partial charge in [0, 0.05) is 17.5 Å². The molecule has 0 fully saturated rings. The van der Waals surface area contributed by atoms with Crippen LogP contribution in [0.1, 0.15) is 50.9 Å². The van der Waals surface area contributed by atoms with Gasteiger partial charge in [-0.25, -0.2) is 9.98 Å². The van der Waals surface area contributed by atoms with Gasteiger partial charge in [-0.15, -0.1) is 11.3 Å². The summed E-state index contributed by atoms with van der Waals surface area (Å²) in [7, 11) is 0. The number of para-hydroxylation sites is 1. The number of guanidine groups is 1. The lowest BCUT2D eigenvalue weighted by atomic mass is 10.1. The Balaban J connectivity index is 2.04. The Bertz CT molecular complexity index is 719. The van der Waals surface area contributed by atoms with E-state index in [1.54, 1.807) is 11.3 Å². The summed E-state index contributed by atoms with van der Waals surface area (Å²) in [6.45, 7) is 12.4. The minimum absolute atomic E-state index is 0.232. The molecule has 0 amide bonds. The highest BCUT2D eigenvalue weighted by Gasteiger charge is 2.14. The molecular formula is C20H30N4OS. The van der Waals surface area contributed by atoms with Crippen molar-refractivity contribution in [1.29, 1.82) is 0 Å². The van der Waals surface area contributed by atoms with Gasteiger partial charge in [0.25, 0.3) is 0 Å². The number of nitrogens with zero attached hydrogens (tertiary/aromatic N) is 2. The first-order valence-electron chi connectivity index (χ1n) is 9.13. The number of hydrogen-bond acceptors (Lipinski definition) is 4. The molecule has 0 aliphatic heterocycles. The summed E-state index contributed by atoms with van der Waals surface area (Å²) < 4.78 is 6.05. The van der Waals surface area contributed by atoms with Crippen molar-refractivity contribution in [2.75, 3.05) is 6.54 Å². The van der Waals surface area contributed by atoms with Crippen LogP contribution < -0.4 is 15.4 Å². The fraction of sp³-hybridized carbons (Fsp3) is 0.500. The van der Waals surface area contributed by atoms with Gasteiger partial charge in [-0.3, -0.25) is 0 Å². The molecule has 2 aromatic rings. The van der Waals surface area contributed by atoms with E-state index in [4.69, 9.17) is 9.73 Å². The largest absolute Gasteiger partial charge is 0.488 e. The molecule has 0 bridgehead atoms. The zero-order chi connectivity index (χ0) is 19.0. The molecule has 142 valence electrons. The van der Waals surface area contributed by atoms with Gasteiger partial charge >= 0.3 is 0 Å². The number of benzene rings is 1. The summed E-state index contributed by atoms with van der Waals surface area (Å²) >= 11 is 1.70. The minimum atomic E-state index is -0.232. The summed E-state index contributed by atoms with van der Waals surface area (Å²) in [4.78, 5) is 9.29. The molecule has 0 saturated heterocycles. The molecule has 6 heteroatoms. The number of nitrogens with one attached hydrogen (secondary N) is 2. The second-order valence-corrected chi connectivity index (χ2v) is 7.90. The van der Waals surface area contributed by atoms with Crippen LogP contribution in [0.5, 0.6) is 5.75 Å². The van der Waals surface area contributed by atoms with E-state index in [9.17, 15) is 0 Å². The van der Waals surface area contributed by atoms with Gasteiger partial charge in [0.1, 0.15) is 11.4 Å². The van der Waals surface area contributed by atoms with Crippen molar-refractivity contribution < 1.29 is 4.74 Å². The summed E-state index contributed by atoms with van der Waals surface area (Å²) in [6.07, 6.45) is 0.976. The van der Waals surface area contributed by atoms with Crippen LogP contribution in [0.4, 0.5) is 0 Å². The maximum absolute atomic E-state index is 6.05. The van der Waals surface area contributed by atoms with E-state index < -0.39 is 0 Å². The van der Waals surface area contributed by atoms with Gasteiger partial charge < -0.3 is 15.4 Å². The van der Waals surface area contributed by atoms with Crippen molar-refractivity contribution in [3.8, 4) is 5.75 Å². The van der Waals surface area contributed by atoms with Crippen LogP contribution in [-0.2, 0) is 19.5 Å². The fourth-order valence-corrected chi connectivity index (χ4v) is 3.08. The SMILES string of the molecule is CCNC(=NCc1ccccc1OC(C)(C)C)NCc1csc(CC)n1. The summed E-state index contributed by atoms with van der Waals surface area (Å²) in [5.74, 6) is 1.66. The molecule has 5 nitrogen and oxygen atoms in total. The number of thiazole rings is 1. The number of aromatic nitrogens is 1. The lowest BCUT2D eigenvalue weighted by Gasteiger charge is -2.23. The van der Waals surface area contributed by atoms with Crippen molar-refractivity contribution in [2.45, 2.75) is 59.7 Å². The molecule has 0 atom stereocenters. The van der Waals surface area contributed by atoms with E-state index in [-0.39, 0.29) is 5.60 Å². The van der Waals surface area contributed by atoms with Gasteiger partial charge in [0.05, 0.1) is 23.8 Å². The second-order valence-electron chi connectivity index (χ2n) is 6.96. The molecule has 26 heavy (non-hydrogen) atoms. The third-order valence-electron chi connectivity index (χ3n) is 3.48. The number of ether oxygens (including phenoxy) is 1. The smallest absolute Gasteiger partial charge is 0.191 e. The molecule has 0 spiro atoms. The third-order valence-corrected chi connectivity index (χ3v) is 4.52. The van der Waals surface area contributed by atoms with Crippen molar-refractivity contribution in [2.24, 2.45) is 4.99 Å². The standard InChI is InChI=1S/C20H30N4OS/c1-6-18-24-16(14-26-18)13-23-19(21-7-2)22-12-15-10-8-9-11-17(15)25-20(3,4)5/h8-11,14H,6-7,12-13H2,1-5H3,(H2,21,22,23). The van der Waals surface area contributed by atoms with Crippen LogP contribution in [-0.4, -0.2) is 23.1 Å². The normalized spacial score (nSPS) is 12.1. The van der Waals surface area contributed by atoms with E-state index in [0.717, 1.165) is 40.9 Å². The van der Waals surface area contributed by atoms with E-state index in [1.165, 1.54) is 0 Å². The third kappa shape index (κ3) is 6.67. The Morgan fingerprint density at radius 1 is 1.19 bits per heavy atom. The molecule has 0 radical (unpaired) electrons. The van der Waals surface area contributed by atoms with Crippen LogP contribution in [0, 0.1) is 0 Å². The van der Waals surface area contributed by atoms with E-state index >= 15 is 0 Å². The van der Waals surface area contributed by atoms with E-state index in [0.29, 0.717) is 13.1 Å². The molecular weight excluding hydrogens is 344 g/mol. The lowest BCUT2D eigenvalue weighted by molar-refractivity contribution is 0.129. The van der Waals surface area contributed by atoms with Crippen molar-refractivity contribution in [3.63, 3.8) is 0 Å². The first-order chi connectivity index (χ1) is 12.4. The highest BCUT2D eigenvalue weighted by atomic mass is 32.1. The predicted octanol–water partition coefficient (Wildman–Crippen LogP) is 4.14. The molecule has 0 aliphatic carbocycles.